The zero-order chi connectivity index (χ0) is 43.6. The van der Waals surface area contributed by atoms with Gasteiger partial charge in [0.15, 0.2) is 16.7 Å². The maximum Gasteiger partial charge on any atom is 0.246 e. The number of benzene rings is 8. The van der Waals surface area contributed by atoms with Crippen LogP contribution in [0.2, 0.25) is 0 Å². The van der Waals surface area contributed by atoms with Crippen LogP contribution >= 0.6 is 0 Å². The maximum atomic E-state index is 6.61. The Balaban J connectivity index is 1.01. The summed E-state index contributed by atoms with van der Waals surface area (Å²) in [5.41, 5.74) is 14.7. The number of nitrogens with zero attached hydrogens (tertiary/aromatic N) is 4. The van der Waals surface area contributed by atoms with E-state index >= 15 is 0 Å². The van der Waals surface area contributed by atoms with Crippen molar-refractivity contribution in [3.8, 4) is 68.0 Å². The fourth-order valence-corrected chi connectivity index (χ4v) is 9.03. The monoisotopic (exact) mass is 842 g/mol. The maximum absolute atomic E-state index is 6.61. The zero-order valence-electron chi connectivity index (χ0n) is 36.2. The third kappa shape index (κ3) is 7.02. The molecule has 7 nitrogen and oxygen atoms in total. The van der Waals surface area contributed by atoms with Crippen LogP contribution in [0.25, 0.3) is 123 Å². The lowest BCUT2D eigenvalue weighted by atomic mass is 9.94. The van der Waals surface area contributed by atoms with Crippen molar-refractivity contribution in [2.24, 2.45) is 5.92 Å². The van der Waals surface area contributed by atoms with Crippen LogP contribution in [0.1, 0.15) is 31.4 Å². The third-order valence-electron chi connectivity index (χ3n) is 12.5. The average Bonchev–Trinajstić information content (AvgIpc) is 4.11. The highest BCUT2D eigenvalue weighted by molar-refractivity contribution is 5.98. The van der Waals surface area contributed by atoms with Gasteiger partial charge >= 0.3 is 0 Å². The van der Waals surface area contributed by atoms with Crippen LogP contribution in [0.5, 0.6) is 0 Å². The number of para-hydroxylation sites is 3. The number of hydrogen-bond acceptors (Lipinski definition) is 7. The first-order valence-corrected chi connectivity index (χ1v) is 22.2. The van der Waals surface area contributed by atoms with E-state index < -0.39 is 0 Å². The van der Waals surface area contributed by atoms with Crippen molar-refractivity contribution in [3.05, 3.63) is 181 Å². The summed E-state index contributed by atoms with van der Waals surface area (Å²) in [5.74, 6) is 1.77. The molecule has 0 fully saturated rings. The highest BCUT2D eigenvalue weighted by atomic mass is 16.4. The molecule has 0 aliphatic carbocycles. The van der Waals surface area contributed by atoms with E-state index in [-0.39, 0.29) is 0 Å². The lowest BCUT2D eigenvalue weighted by Crippen LogP contribution is -1.95. The van der Waals surface area contributed by atoms with Crippen LogP contribution in [0.15, 0.2) is 183 Å². The van der Waals surface area contributed by atoms with Crippen LogP contribution in [0.4, 0.5) is 0 Å². The zero-order valence-corrected chi connectivity index (χ0v) is 36.2. The number of pyridine rings is 1. The number of aryl methyl sites for hydroxylation is 2. The summed E-state index contributed by atoms with van der Waals surface area (Å²) < 4.78 is 19.8. The molecule has 0 N–H and O–H groups in total. The fraction of sp³-hybridized carbons (Fsp3) is 0.103. The van der Waals surface area contributed by atoms with Crippen molar-refractivity contribution < 1.29 is 13.3 Å². The van der Waals surface area contributed by atoms with Gasteiger partial charge in [0.1, 0.15) is 27.9 Å². The number of oxazole rings is 3. The first-order chi connectivity index (χ1) is 31.9. The SMILES string of the molecule is Cc1ccc(-c2cccc3oc(-c4cc(-c5nc6c(-c7ccc8ccccc8c7)cccc6o5)cc(-c5nc6c(-c7ccc8ccccc8c7)cccc6o5)n4)nc23)cc1CCC(C)C. The lowest BCUT2D eigenvalue weighted by Gasteiger charge is -2.11. The normalized spacial score (nSPS) is 11.9. The van der Waals surface area contributed by atoms with Gasteiger partial charge in [-0.3, -0.25) is 0 Å². The van der Waals surface area contributed by atoms with Crippen molar-refractivity contribution in [1.82, 2.24) is 19.9 Å². The molecular formula is C58H42N4O3. The highest BCUT2D eigenvalue weighted by Gasteiger charge is 2.22. The Morgan fingerprint density at radius 3 is 1.35 bits per heavy atom. The van der Waals surface area contributed by atoms with Crippen LogP contribution in [0.3, 0.4) is 0 Å². The molecule has 4 heterocycles. The minimum atomic E-state index is 0.356. The summed E-state index contributed by atoms with van der Waals surface area (Å²) >= 11 is 0. The molecule has 12 rings (SSSR count). The van der Waals surface area contributed by atoms with Gasteiger partial charge in [0.05, 0.1) is 0 Å². The van der Waals surface area contributed by atoms with Crippen LogP contribution in [-0.2, 0) is 6.42 Å². The quantitative estimate of drug-likeness (QED) is 0.143. The van der Waals surface area contributed by atoms with Gasteiger partial charge in [-0.15, -0.1) is 0 Å². The number of rotatable bonds is 9. The molecule has 0 aliphatic heterocycles. The Hall–Kier alpha value is -8.16. The van der Waals surface area contributed by atoms with E-state index in [0.717, 1.165) is 73.5 Å². The van der Waals surface area contributed by atoms with Crippen molar-refractivity contribution in [2.45, 2.75) is 33.6 Å². The predicted octanol–water partition coefficient (Wildman–Crippen LogP) is 15.7. The number of aromatic nitrogens is 4. The molecule has 0 unspecified atom stereocenters. The predicted molar refractivity (Wildman–Crippen MR) is 262 cm³/mol. The van der Waals surface area contributed by atoms with Crippen molar-refractivity contribution >= 4 is 54.8 Å². The molecular weight excluding hydrogens is 801 g/mol. The van der Waals surface area contributed by atoms with Crippen LogP contribution in [0, 0.1) is 12.8 Å². The van der Waals surface area contributed by atoms with Gasteiger partial charge in [-0.1, -0.05) is 141 Å². The molecule has 0 radical (unpaired) electrons. The number of hydrogen-bond donors (Lipinski definition) is 0. The van der Waals surface area contributed by atoms with Gasteiger partial charge in [0.2, 0.25) is 17.7 Å². The molecule has 312 valence electrons. The molecule has 8 aromatic carbocycles. The molecule has 0 bridgehead atoms. The Morgan fingerprint density at radius 2 is 0.846 bits per heavy atom. The second-order valence-corrected chi connectivity index (χ2v) is 17.3. The molecule has 0 atom stereocenters. The van der Waals surface area contributed by atoms with E-state index in [4.69, 9.17) is 33.2 Å². The van der Waals surface area contributed by atoms with Gasteiger partial charge in [0, 0.05) is 22.3 Å². The highest BCUT2D eigenvalue weighted by Crippen LogP contribution is 2.39. The van der Waals surface area contributed by atoms with E-state index in [0.29, 0.717) is 57.3 Å². The van der Waals surface area contributed by atoms with E-state index in [9.17, 15) is 0 Å². The Labute approximate surface area is 375 Å². The fourth-order valence-electron chi connectivity index (χ4n) is 9.03. The van der Waals surface area contributed by atoms with Crippen molar-refractivity contribution in [2.75, 3.05) is 0 Å². The van der Waals surface area contributed by atoms with E-state index in [2.05, 4.69) is 142 Å². The van der Waals surface area contributed by atoms with Crippen molar-refractivity contribution in [1.29, 1.82) is 0 Å². The molecule has 4 aromatic heterocycles. The molecule has 65 heavy (non-hydrogen) atoms. The summed E-state index contributed by atoms with van der Waals surface area (Å²) in [6.45, 7) is 6.73. The second kappa shape index (κ2) is 15.6. The Kier molecular flexibility index (Phi) is 9.23. The molecule has 12 aromatic rings. The summed E-state index contributed by atoms with van der Waals surface area (Å²) in [6, 6.07) is 58.4. The van der Waals surface area contributed by atoms with Crippen molar-refractivity contribution in [3.63, 3.8) is 0 Å². The molecule has 0 aliphatic rings. The topological polar surface area (TPSA) is 91.0 Å². The largest absolute Gasteiger partial charge is 0.436 e. The summed E-state index contributed by atoms with van der Waals surface area (Å²) in [7, 11) is 0. The first kappa shape index (κ1) is 38.5. The van der Waals surface area contributed by atoms with Crippen LogP contribution in [-0.4, -0.2) is 19.9 Å². The first-order valence-electron chi connectivity index (χ1n) is 22.2. The molecule has 0 saturated carbocycles. The molecule has 0 amide bonds. The summed E-state index contributed by atoms with van der Waals surface area (Å²) in [4.78, 5) is 20.6. The van der Waals surface area contributed by atoms with Crippen LogP contribution < -0.4 is 0 Å². The lowest BCUT2D eigenvalue weighted by molar-refractivity contribution is 0.586. The molecule has 7 heteroatoms. The molecule has 0 spiro atoms. The van der Waals surface area contributed by atoms with E-state index in [1.165, 1.54) is 21.9 Å². The smallest absolute Gasteiger partial charge is 0.246 e. The van der Waals surface area contributed by atoms with Gasteiger partial charge < -0.3 is 13.3 Å². The standard InChI is InChI=1S/C58H42N4O3/c1-34(2)21-23-38-29-41(24-22-35(38)3)45-15-9-19-51-54(45)61-57(64-51)48-32-44(56-60-53-46(16-8-18-50(53)63-56)42-27-25-36-11-4-6-13-39(36)30-42)33-49(59-48)58-62-55-47(17-10-20-52(55)65-58)43-28-26-37-12-5-7-14-40(37)31-43/h4-20,22,24-34H,21,23H2,1-3H3. The van der Waals surface area contributed by atoms with Gasteiger partial charge in [-0.05, 0) is 118 Å². The number of fused-ring (bicyclic) bond motifs is 5. The second-order valence-electron chi connectivity index (χ2n) is 17.3. The minimum Gasteiger partial charge on any atom is -0.436 e. The van der Waals surface area contributed by atoms with Gasteiger partial charge in [-0.2, -0.15) is 0 Å². The third-order valence-corrected chi connectivity index (χ3v) is 12.5. The molecule has 0 saturated heterocycles. The van der Waals surface area contributed by atoms with Gasteiger partial charge in [-0.25, -0.2) is 19.9 Å². The summed E-state index contributed by atoms with van der Waals surface area (Å²) in [6.07, 6.45) is 2.15. The minimum absolute atomic E-state index is 0.356. The van der Waals surface area contributed by atoms with E-state index in [1.54, 1.807) is 0 Å². The summed E-state index contributed by atoms with van der Waals surface area (Å²) in [5, 5.41) is 4.67. The van der Waals surface area contributed by atoms with E-state index in [1.807, 2.05) is 48.5 Å². The van der Waals surface area contributed by atoms with Gasteiger partial charge in [0.25, 0.3) is 0 Å². The Morgan fingerprint density at radius 1 is 0.400 bits per heavy atom. The average molecular weight is 843 g/mol. The Bertz CT molecular complexity index is 3620.